The van der Waals surface area contributed by atoms with Gasteiger partial charge in [-0.05, 0) is 50.0 Å². The molecule has 1 aromatic rings. The van der Waals surface area contributed by atoms with E-state index in [9.17, 15) is 9.90 Å². The van der Waals surface area contributed by atoms with Crippen molar-refractivity contribution in [2.45, 2.75) is 46.6 Å². The number of aliphatic hydroxyl groups excluding tert-OH is 1. The van der Waals surface area contributed by atoms with Crippen molar-refractivity contribution in [3.63, 3.8) is 0 Å². The highest BCUT2D eigenvalue weighted by atomic mass is 79.9. The highest BCUT2D eigenvalue weighted by Crippen LogP contribution is 2.28. The van der Waals surface area contributed by atoms with E-state index in [0.717, 1.165) is 15.9 Å². The predicted molar refractivity (Wildman–Crippen MR) is 88.8 cm³/mol. The fourth-order valence-corrected chi connectivity index (χ4v) is 2.53. The standard InChI is InChI=1S/C15H26BrN3O3/c1-10-12(16)11(19(6)18-10)7-15(5,9-20)8-17-13(21)22-14(2,3)4/h20H,7-9H2,1-6H3,(H,17,21). The Kier molecular flexibility index (Phi) is 6.03. The molecule has 0 saturated carbocycles. The van der Waals surface area contributed by atoms with E-state index in [0.29, 0.717) is 13.0 Å². The number of rotatable bonds is 5. The largest absolute Gasteiger partial charge is 0.444 e. The first-order valence-electron chi connectivity index (χ1n) is 7.23. The molecule has 0 radical (unpaired) electrons. The average Bonchev–Trinajstić information content (AvgIpc) is 2.61. The van der Waals surface area contributed by atoms with Crippen LogP contribution in [0.25, 0.3) is 0 Å². The summed E-state index contributed by atoms with van der Waals surface area (Å²) < 4.78 is 7.95. The Bertz CT molecular complexity index is 537. The van der Waals surface area contributed by atoms with E-state index < -0.39 is 17.1 Å². The summed E-state index contributed by atoms with van der Waals surface area (Å²) in [5.74, 6) is 0. The van der Waals surface area contributed by atoms with E-state index in [1.54, 1.807) is 4.68 Å². The molecule has 0 aliphatic rings. The Morgan fingerprint density at radius 2 is 2.00 bits per heavy atom. The quantitative estimate of drug-likeness (QED) is 0.828. The normalized spacial score (nSPS) is 14.5. The molecule has 0 bridgehead atoms. The van der Waals surface area contributed by atoms with E-state index in [-0.39, 0.29) is 6.61 Å². The number of nitrogens with one attached hydrogen (secondary N) is 1. The summed E-state index contributed by atoms with van der Waals surface area (Å²) in [5.41, 5.74) is 0.847. The molecule has 1 atom stereocenters. The van der Waals surface area contributed by atoms with Crippen LogP contribution < -0.4 is 5.32 Å². The van der Waals surface area contributed by atoms with Gasteiger partial charge in [-0.3, -0.25) is 4.68 Å². The molecule has 0 saturated heterocycles. The maximum absolute atomic E-state index is 11.8. The SMILES string of the molecule is Cc1nn(C)c(CC(C)(CO)CNC(=O)OC(C)(C)C)c1Br. The smallest absolute Gasteiger partial charge is 0.407 e. The second kappa shape index (κ2) is 7.00. The summed E-state index contributed by atoms with van der Waals surface area (Å²) in [6.07, 6.45) is 0.101. The van der Waals surface area contributed by atoms with Gasteiger partial charge in [0, 0.05) is 19.0 Å². The Balaban J connectivity index is 2.74. The number of carbonyl (C=O) groups excluding carboxylic acids is 1. The van der Waals surface area contributed by atoms with E-state index in [4.69, 9.17) is 4.74 Å². The number of ether oxygens (including phenoxy) is 1. The number of amides is 1. The Hall–Kier alpha value is -1.08. The molecule has 7 heteroatoms. The summed E-state index contributed by atoms with van der Waals surface area (Å²) in [6, 6.07) is 0. The van der Waals surface area contributed by atoms with Crippen LogP contribution in [-0.2, 0) is 18.2 Å². The molecule has 1 rings (SSSR count). The van der Waals surface area contributed by atoms with Crippen molar-refractivity contribution in [2.24, 2.45) is 12.5 Å². The summed E-state index contributed by atoms with van der Waals surface area (Å²) in [7, 11) is 1.87. The third kappa shape index (κ3) is 5.28. The molecule has 1 aromatic heterocycles. The zero-order valence-corrected chi connectivity index (χ0v) is 15.7. The van der Waals surface area contributed by atoms with E-state index >= 15 is 0 Å². The van der Waals surface area contributed by atoms with Gasteiger partial charge in [-0.1, -0.05) is 6.92 Å². The minimum absolute atomic E-state index is 0.0561. The van der Waals surface area contributed by atoms with Crippen molar-refractivity contribution in [2.75, 3.05) is 13.2 Å². The lowest BCUT2D eigenvalue weighted by Gasteiger charge is -2.28. The fourth-order valence-electron chi connectivity index (χ4n) is 2.05. The summed E-state index contributed by atoms with van der Waals surface area (Å²) in [6.45, 7) is 9.53. The summed E-state index contributed by atoms with van der Waals surface area (Å²) >= 11 is 3.53. The Labute approximate surface area is 140 Å². The van der Waals surface area contributed by atoms with Gasteiger partial charge in [-0.2, -0.15) is 5.10 Å². The van der Waals surface area contributed by atoms with Gasteiger partial charge in [0.15, 0.2) is 0 Å². The molecule has 6 nitrogen and oxygen atoms in total. The van der Waals surface area contributed by atoms with E-state index in [1.807, 2.05) is 41.7 Å². The zero-order chi connectivity index (χ0) is 17.1. The molecule has 2 N–H and O–H groups in total. The van der Waals surface area contributed by atoms with Gasteiger partial charge < -0.3 is 15.2 Å². The van der Waals surface area contributed by atoms with Crippen molar-refractivity contribution >= 4 is 22.0 Å². The second-order valence-electron chi connectivity index (χ2n) is 6.97. The van der Waals surface area contributed by atoms with Crippen molar-refractivity contribution in [3.05, 3.63) is 15.9 Å². The van der Waals surface area contributed by atoms with Crippen LogP contribution in [0.2, 0.25) is 0 Å². The molecule has 0 aromatic carbocycles. The van der Waals surface area contributed by atoms with Gasteiger partial charge in [0.25, 0.3) is 0 Å². The highest BCUT2D eigenvalue weighted by Gasteiger charge is 2.29. The number of alkyl carbamates (subject to hydrolysis) is 1. The minimum Gasteiger partial charge on any atom is -0.444 e. The lowest BCUT2D eigenvalue weighted by Crippen LogP contribution is -2.42. The van der Waals surface area contributed by atoms with E-state index in [2.05, 4.69) is 26.3 Å². The lowest BCUT2D eigenvalue weighted by molar-refractivity contribution is 0.0477. The topological polar surface area (TPSA) is 76.4 Å². The third-order valence-corrected chi connectivity index (χ3v) is 4.33. The molecule has 0 spiro atoms. The van der Waals surface area contributed by atoms with Gasteiger partial charge >= 0.3 is 6.09 Å². The first kappa shape index (κ1) is 19.0. The molecular weight excluding hydrogens is 350 g/mol. The monoisotopic (exact) mass is 375 g/mol. The molecular formula is C15H26BrN3O3. The average molecular weight is 376 g/mol. The van der Waals surface area contributed by atoms with Crippen LogP contribution in [0.3, 0.4) is 0 Å². The molecule has 1 amide bonds. The van der Waals surface area contributed by atoms with Crippen LogP contribution in [0.1, 0.15) is 39.1 Å². The Morgan fingerprint density at radius 3 is 2.41 bits per heavy atom. The molecule has 1 unspecified atom stereocenters. The number of hydrogen-bond donors (Lipinski definition) is 2. The first-order valence-corrected chi connectivity index (χ1v) is 8.02. The van der Waals surface area contributed by atoms with Crippen LogP contribution >= 0.6 is 15.9 Å². The van der Waals surface area contributed by atoms with Gasteiger partial charge in [0.1, 0.15) is 5.60 Å². The number of aliphatic hydroxyl groups is 1. The lowest BCUT2D eigenvalue weighted by atomic mass is 9.86. The van der Waals surface area contributed by atoms with Crippen LogP contribution in [0.5, 0.6) is 0 Å². The third-order valence-electron chi connectivity index (χ3n) is 3.30. The molecule has 126 valence electrons. The Morgan fingerprint density at radius 1 is 1.41 bits per heavy atom. The number of aryl methyl sites for hydroxylation is 2. The summed E-state index contributed by atoms with van der Waals surface area (Å²) in [5, 5.41) is 16.8. The number of nitrogens with zero attached hydrogens (tertiary/aromatic N) is 2. The van der Waals surface area contributed by atoms with Crippen LogP contribution in [0, 0.1) is 12.3 Å². The number of aromatic nitrogens is 2. The minimum atomic E-state index is -0.540. The highest BCUT2D eigenvalue weighted by molar-refractivity contribution is 9.10. The van der Waals surface area contributed by atoms with Gasteiger partial charge in [-0.25, -0.2) is 4.79 Å². The van der Waals surface area contributed by atoms with E-state index in [1.165, 1.54) is 0 Å². The van der Waals surface area contributed by atoms with Crippen LogP contribution in [-0.4, -0.2) is 39.7 Å². The molecule has 22 heavy (non-hydrogen) atoms. The zero-order valence-electron chi connectivity index (χ0n) is 14.2. The van der Waals surface area contributed by atoms with Gasteiger partial charge in [-0.15, -0.1) is 0 Å². The van der Waals surface area contributed by atoms with Gasteiger partial charge in [0.2, 0.25) is 0 Å². The van der Waals surface area contributed by atoms with Crippen LogP contribution in [0.4, 0.5) is 4.79 Å². The first-order chi connectivity index (χ1) is 9.97. The van der Waals surface area contributed by atoms with Crippen molar-refractivity contribution in [1.29, 1.82) is 0 Å². The number of carbonyl (C=O) groups is 1. The molecule has 0 aliphatic carbocycles. The fraction of sp³-hybridized carbons (Fsp3) is 0.733. The summed E-state index contributed by atoms with van der Waals surface area (Å²) in [4.78, 5) is 11.8. The molecule has 0 aliphatic heterocycles. The molecule has 0 fully saturated rings. The number of halogens is 1. The van der Waals surface area contributed by atoms with Crippen molar-refractivity contribution < 1.29 is 14.6 Å². The van der Waals surface area contributed by atoms with Crippen molar-refractivity contribution in [3.8, 4) is 0 Å². The maximum atomic E-state index is 11.8. The maximum Gasteiger partial charge on any atom is 0.407 e. The number of hydrogen-bond acceptors (Lipinski definition) is 4. The predicted octanol–water partition coefficient (Wildman–Crippen LogP) is 2.56. The second-order valence-corrected chi connectivity index (χ2v) is 7.76. The molecule has 1 heterocycles. The van der Waals surface area contributed by atoms with Gasteiger partial charge in [0.05, 0.1) is 22.5 Å². The van der Waals surface area contributed by atoms with Crippen molar-refractivity contribution in [1.82, 2.24) is 15.1 Å². The van der Waals surface area contributed by atoms with Crippen LogP contribution in [0.15, 0.2) is 4.47 Å².